The summed E-state index contributed by atoms with van der Waals surface area (Å²) >= 11 is 0. The first-order chi connectivity index (χ1) is 12.6. The standard InChI is InChI=1S/C20H18N2O3S/c23-20(18-13-7-8-14-21-18)22-15-19(16-9-3-1-4-10-16)26(24,25)17-11-5-2-6-12-17/h1-14,19H,15H2,(H,22,23)/t19-/m0/s1. The van der Waals surface area contributed by atoms with Gasteiger partial charge in [0.1, 0.15) is 10.9 Å². The summed E-state index contributed by atoms with van der Waals surface area (Å²) in [7, 11) is -3.67. The quantitative estimate of drug-likeness (QED) is 0.727. The number of benzene rings is 2. The van der Waals surface area contributed by atoms with E-state index in [1.165, 1.54) is 6.20 Å². The molecule has 0 saturated carbocycles. The number of hydrogen-bond donors (Lipinski definition) is 1. The zero-order valence-electron chi connectivity index (χ0n) is 13.9. The third-order valence-electron chi connectivity index (χ3n) is 3.96. The largest absolute Gasteiger partial charge is 0.349 e. The van der Waals surface area contributed by atoms with E-state index in [4.69, 9.17) is 0 Å². The minimum Gasteiger partial charge on any atom is -0.349 e. The normalized spacial score (nSPS) is 12.3. The first kappa shape index (κ1) is 17.8. The second kappa shape index (κ2) is 7.93. The Morgan fingerprint density at radius 2 is 1.50 bits per heavy atom. The van der Waals surface area contributed by atoms with Crippen LogP contribution >= 0.6 is 0 Å². The molecule has 3 rings (SSSR count). The number of sulfone groups is 1. The second-order valence-electron chi connectivity index (χ2n) is 5.68. The van der Waals surface area contributed by atoms with E-state index < -0.39 is 21.0 Å². The summed E-state index contributed by atoms with van der Waals surface area (Å²) < 4.78 is 26.2. The highest BCUT2D eigenvalue weighted by atomic mass is 32.2. The maximum Gasteiger partial charge on any atom is 0.269 e. The molecule has 0 radical (unpaired) electrons. The molecule has 1 atom stereocenters. The van der Waals surface area contributed by atoms with Crippen LogP contribution in [-0.4, -0.2) is 25.9 Å². The van der Waals surface area contributed by atoms with Gasteiger partial charge in [-0.1, -0.05) is 54.6 Å². The first-order valence-corrected chi connectivity index (χ1v) is 9.67. The van der Waals surface area contributed by atoms with E-state index in [0.717, 1.165) is 0 Å². The second-order valence-corrected chi connectivity index (χ2v) is 7.81. The molecule has 2 aromatic carbocycles. The molecule has 0 saturated heterocycles. The van der Waals surface area contributed by atoms with Crippen LogP contribution in [0, 0.1) is 0 Å². The maximum absolute atomic E-state index is 13.1. The summed E-state index contributed by atoms with van der Waals surface area (Å²) in [5, 5.41) is 1.80. The van der Waals surface area contributed by atoms with Crippen molar-refractivity contribution in [3.63, 3.8) is 0 Å². The van der Waals surface area contributed by atoms with Gasteiger partial charge in [0.25, 0.3) is 5.91 Å². The average Bonchev–Trinajstić information content (AvgIpc) is 2.70. The lowest BCUT2D eigenvalue weighted by atomic mass is 10.1. The molecular formula is C20H18N2O3S. The lowest BCUT2D eigenvalue weighted by molar-refractivity contribution is 0.0948. The van der Waals surface area contributed by atoms with Crippen LogP contribution in [0.15, 0.2) is 90.0 Å². The zero-order chi connectivity index (χ0) is 18.4. The van der Waals surface area contributed by atoms with Gasteiger partial charge in [-0.2, -0.15) is 0 Å². The topological polar surface area (TPSA) is 76.1 Å². The van der Waals surface area contributed by atoms with Gasteiger partial charge in [-0.3, -0.25) is 9.78 Å². The Labute approximate surface area is 152 Å². The highest BCUT2D eigenvalue weighted by molar-refractivity contribution is 7.91. The Bertz CT molecular complexity index is 960. The molecule has 0 spiro atoms. The van der Waals surface area contributed by atoms with Crippen molar-refractivity contribution in [2.75, 3.05) is 6.54 Å². The number of carbonyl (C=O) groups is 1. The van der Waals surface area contributed by atoms with E-state index >= 15 is 0 Å². The predicted molar refractivity (Wildman–Crippen MR) is 99.4 cm³/mol. The maximum atomic E-state index is 13.1. The molecule has 132 valence electrons. The van der Waals surface area contributed by atoms with Gasteiger partial charge in [0.05, 0.1) is 4.90 Å². The van der Waals surface area contributed by atoms with Crippen LogP contribution in [-0.2, 0) is 9.84 Å². The summed E-state index contributed by atoms with van der Waals surface area (Å²) in [5.41, 5.74) is 0.870. The number of rotatable bonds is 6. The summed E-state index contributed by atoms with van der Waals surface area (Å²) in [6, 6.07) is 22.1. The average molecular weight is 366 g/mol. The highest BCUT2D eigenvalue weighted by Crippen LogP contribution is 2.28. The Morgan fingerprint density at radius 1 is 0.885 bits per heavy atom. The molecular weight excluding hydrogens is 348 g/mol. The van der Waals surface area contributed by atoms with E-state index in [9.17, 15) is 13.2 Å². The monoisotopic (exact) mass is 366 g/mol. The van der Waals surface area contributed by atoms with Crippen LogP contribution in [0.5, 0.6) is 0 Å². The van der Waals surface area contributed by atoms with Crippen LogP contribution < -0.4 is 5.32 Å². The lowest BCUT2D eigenvalue weighted by Gasteiger charge is -2.19. The van der Waals surface area contributed by atoms with Gasteiger partial charge >= 0.3 is 0 Å². The van der Waals surface area contributed by atoms with Crippen LogP contribution in [0.2, 0.25) is 0 Å². The first-order valence-electron chi connectivity index (χ1n) is 8.12. The van der Waals surface area contributed by atoms with Crippen LogP contribution in [0.25, 0.3) is 0 Å². The molecule has 3 aromatic rings. The van der Waals surface area contributed by atoms with Gasteiger partial charge in [-0.15, -0.1) is 0 Å². The molecule has 1 heterocycles. The van der Waals surface area contributed by atoms with Crippen molar-refractivity contribution in [3.8, 4) is 0 Å². The smallest absolute Gasteiger partial charge is 0.269 e. The third kappa shape index (κ3) is 3.97. The van der Waals surface area contributed by atoms with Gasteiger partial charge in [-0.05, 0) is 29.8 Å². The van der Waals surface area contributed by atoms with Crippen molar-refractivity contribution in [1.82, 2.24) is 10.3 Å². The minimum atomic E-state index is -3.67. The van der Waals surface area contributed by atoms with E-state index in [1.807, 2.05) is 6.07 Å². The van der Waals surface area contributed by atoms with Crippen molar-refractivity contribution in [1.29, 1.82) is 0 Å². The van der Waals surface area contributed by atoms with Crippen molar-refractivity contribution < 1.29 is 13.2 Å². The SMILES string of the molecule is O=C(NC[C@@H](c1ccccc1)S(=O)(=O)c1ccccc1)c1ccccn1. The van der Waals surface area contributed by atoms with Crippen LogP contribution in [0.1, 0.15) is 21.3 Å². The fourth-order valence-corrected chi connectivity index (χ4v) is 4.31. The predicted octanol–water partition coefficient (Wildman–Crippen LogP) is 3.03. The molecule has 26 heavy (non-hydrogen) atoms. The molecule has 6 heteroatoms. The van der Waals surface area contributed by atoms with Crippen molar-refractivity contribution in [2.24, 2.45) is 0 Å². The minimum absolute atomic E-state index is 0.0450. The molecule has 0 unspecified atom stereocenters. The van der Waals surface area contributed by atoms with E-state index in [-0.39, 0.29) is 17.1 Å². The molecule has 0 bridgehead atoms. The Balaban J connectivity index is 1.89. The van der Waals surface area contributed by atoms with Crippen molar-refractivity contribution in [2.45, 2.75) is 10.1 Å². The molecule has 1 amide bonds. The van der Waals surface area contributed by atoms with Gasteiger partial charge in [0, 0.05) is 12.7 Å². The number of amides is 1. The zero-order valence-corrected chi connectivity index (χ0v) is 14.8. The number of hydrogen-bond acceptors (Lipinski definition) is 4. The van der Waals surface area contributed by atoms with Crippen LogP contribution in [0.3, 0.4) is 0 Å². The number of pyridine rings is 1. The van der Waals surface area contributed by atoms with E-state index in [2.05, 4.69) is 10.3 Å². The Hall–Kier alpha value is -2.99. The summed E-state index contributed by atoms with van der Waals surface area (Å²) in [5.74, 6) is -0.408. The molecule has 1 N–H and O–H groups in total. The highest BCUT2D eigenvalue weighted by Gasteiger charge is 2.29. The molecule has 1 aromatic heterocycles. The third-order valence-corrected chi connectivity index (χ3v) is 6.08. The lowest BCUT2D eigenvalue weighted by Crippen LogP contribution is -2.32. The molecule has 5 nitrogen and oxygen atoms in total. The molecule has 0 aliphatic carbocycles. The summed E-state index contributed by atoms with van der Waals surface area (Å²) in [4.78, 5) is 16.5. The molecule has 0 aliphatic heterocycles. The number of carbonyl (C=O) groups excluding carboxylic acids is 1. The fourth-order valence-electron chi connectivity index (χ4n) is 2.62. The molecule has 0 aliphatic rings. The molecule has 0 fully saturated rings. The van der Waals surface area contributed by atoms with Gasteiger partial charge in [0.2, 0.25) is 0 Å². The van der Waals surface area contributed by atoms with Crippen LogP contribution in [0.4, 0.5) is 0 Å². The van der Waals surface area contributed by atoms with E-state index in [0.29, 0.717) is 5.56 Å². The fraction of sp³-hybridized carbons (Fsp3) is 0.100. The van der Waals surface area contributed by atoms with Gasteiger partial charge < -0.3 is 5.32 Å². The van der Waals surface area contributed by atoms with Gasteiger partial charge in [0.15, 0.2) is 9.84 Å². The summed E-state index contributed by atoms with van der Waals surface area (Å²) in [6.07, 6.45) is 1.52. The van der Waals surface area contributed by atoms with Crippen molar-refractivity contribution >= 4 is 15.7 Å². The Kier molecular flexibility index (Phi) is 5.43. The Morgan fingerprint density at radius 3 is 2.12 bits per heavy atom. The summed E-state index contributed by atoms with van der Waals surface area (Å²) in [6.45, 7) is -0.0450. The van der Waals surface area contributed by atoms with Crippen molar-refractivity contribution in [3.05, 3.63) is 96.3 Å². The number of nitrogens with one attached hydrogen (secondary N) is 1. The number of nitrogens with zero attached hydrogens (tertiary/aromatic N) is 1. The number of aromatic nitrogens is 1. The van der Waals surface area contributed by atoms with Gasteiger partial charge in [-0.25, -0.2) is 8.42 Å². The van der Waals surface area contributed by atoms with E-state index in [1.54, 1.807) is 72.8 Å².